The summed E-state index contributed by atoms with van der Waals surface area (Å²) in [6.07, 6.45) is 2.98. The number of urea groups is 1. The third kappa shape index (κ3) is 4.10. The van der Waals surface area contributed by atoms with E-state index in [0.29, 0.717) is 17.8 Å². The number of amides is 2. The van der Waals surface area contributed by atoms with Gasteiger partial charge in [0.2, 0.25) is 0 Å². The Morgan fingerprint density at radius 1 is 1.29 bits per heavy atom. The molecule has 0 fully saturated rings. The van der Waals surface area contributed by atoms with Crippen LogP contribution in [0, 0.1) is 0 Å². The molecule has 0 saturated heterocycles. The number of carboxylic acid groups (broad SMARTS) is 1. The van der Waals surface area contributed by atoms with Crippen LogP contribution in [0.2, 0.25) is 0 Å². The van der Waals surface area contributed by atoms with Crippen LogP contribution in [0.3, 0.4) is 0 Å². The highest BCUT2D eigenvalue weighted by atomic mass is 16.4. The zero-order chi connectivity index (χ0) is 15.2. The number of para-hydroxylation sites is 1. The molecule has 0 aliphatic heterocycles. The zero-order valence-electron chi connectivity index (χ0n) is 11.6. The van der Waals surface area contributed by atoms with Gasteiger partial charge < -0.3 is 19.7 Å². The van der Waals surface area contributed by atoms with Gasteiger partial charge in [0.25, 0.3) is 0 Å². The van der Waals surface area contributed by atoms with Crippen LogP contribution < -0.4 is 5.32 Å². The van der Waals surface area contributed by atoms with Gasteiger partial charge in [-0.15, -0.1) is 0 Å². The Hall–Kier alpha value is -2.76. The number of benzene rings is 1. The van der Waals surface area contributed by atoms with Crippen LogP contribution in [-0.4, -0.2) is 29.1 Å². The lowest BCUT2D eigenvalue weighted by molar-refractivity contribution is -0.136. The Morgan fingerprint density at radius 2 is 2.05 bits per heavy atom. The van der Waals surface area contributed by atoms with Crippen molar-refractivity contribution in [2.24, 2.45) is 0 Å². The first-order valence-corrected chi connectivity index (χ1v) is 6.39. The highest BCUT2D eigenvalue weighted by Gasteiger charge is 2.13. The van der Waals surface area contributed by atoms with Crippen molar-refractivity contribution in [3.05, 3.63) is 54.0 Å². The number of nitrogens with zero attached hydrogens (tertiary/aromatic N) is 1. The van der Waals surface area contributed by atoms with Gasteiger partial charge in [-0.1, -0.05) is 18.2 Å². The minimum absolute atomic E-state index is 0.137. The maximum absolute atomic E-state index is 12.1. The number of anilines is 1. The van der Waals surface area contributed by atoms with Gasteiger partial charge in [-0.2, -0.15) is 0 Å². The number of rotatable bonds is 5. The molecule has 6 nitrogen and oxygen atoms in total. The van der Waals surface area contributed by atoms with E-state index in [1.807, 2.05) is 0 Å². The molecule has 110 valence electrons. The summed E-state index contributed by atoms with van der Waals surface area (Å²) in [4.78, 5) is 24.4. The number of carbonyl (C=O) groups excluding carboxylic acids is 1. The van der Waals surface area contributed by atoms with Gasteiger partial charge in [0.15, 0.2) is 0 Å². The molecule has 0 saturated carbocycles. The van der Waals surface area contributed by atoms with Crippen molar-refractivity contribution in [3.63, 3.8) is 0 Å². The van der Waals surface area contributed by atoms with Crippen molar-refractivity contribution in [2.45, 2.75) is 13.0 Å². The third-order valence-corrected chi connectivity index (χ3v) is 2.95. The number of furan rings is 1. The van der Waals surface area contributed by atoms with Crippen molar-refractivity contribution < 1.29 is 19.1 Å². The first-order valence-electron chi connectivity index (χ1n) is 6.39. The Labute approximate surface area is 122 Å². The van der Waals surface area contributed by atoms with Gasteiger partial charge in [0.05, 0.1) is 25.5 Å². The monoisotopic (exact) mass is 288 g/mol. The molecule has 2 rings (SSSR count). The molecule has 0 spiro atoms. The quantitative estimate of drug-likeness (QED) is 0.885. The zero-order valence-corrected chi connectivity index (χ0v) is 11.6. The summed E-state index contributed by atoms with van der Waals surface area (Å²) >= 11 is 0. The minimum Gasteiger partial charge on any atom is -0.481 e. The second-order valence-corrected chi connectivity index (χ2v) is 4.65. The molecule has 21 heavy (non-hydrogen) atoms. The number of hydrogen-bond donors (Lipinski definition) is 2. The standard InChI is InChI=1S/C15H16N2O4/c1-17(9-11-6-7-21-10-11)15(20)16-13-5-3-2-4-12(13)8-14(18)19/h2-7,10H,8-9H2,1H3,(H,16,20)(H,18,19). The molecule has 0 radical (unpaired) electrons. The van der Waals surface area contributed by atoms with Crippen LogP contribution in [-0.2, 0) is 17.8 Å². The normalized spacial score (nSPS) is 10.1. The molecule has 1 heterocycles. The Kier molecular flexibility index (Phi) is 4.61. The van der Waals surface area contributed by atoms with Crippen molar-refractivity contribution in [2.75, 3.05) is 12.4 Å². The molecular weight excluding hydrogens is 272 g/mol. The molecule has 1 aromatic heterocycles. The van der Waals surface area contributed by atoms with E-state index in [1.165, 1.54) is 4.90 Å². The molecule has 0 aliphatic carbocycles. The third-order valence-electron chi connectivity index (χ3n) is 2.95. The van der Waals surface area contributed by atoms with Crippen molar-refractivity contribution in [1.29, 1.82) is 0 Å². The lowest BCUT2D eigenvalue weighted by Crippen LogP contribution is -2.31. The van der Waals surface area contributed by atoms with E-state index in [2.05, 4.69) is 5.32 Å². The van der Waals surface area contributed by atoms with E-state index in [4.69, 9.17) is 9.52 Å². The first-order chi connectivity index (χ1) is 10.1. The first kappa shape index (κ1) is 14.6. The van der Waals surface area contributed by atoms with Crippen LogP contribution in [0.4, 0.5) is 10.5 Å². The second-order valence-electron chi connectivity index (χ2n) is 4.65. The van der Waals surface area contributed by atoms with E-state index in [-0.39, 0.29) is 12.5 Å². The average molecular weight is 288 g/mol. The molecule has 1 aromatic carbocycles. The Bertz CT molecular complexity index is 622. The average Bonchev–Trinajstić information content (AvgIpc) is 2.93. The largest absolute Gasteiger partial charge is 0.481 e. The summed E-state index contributed by atoms with van der Waals surface area (Å²) in [5.74, 6) is -0.941. The number of hydrogen-bond acceptors (Lipinski definition) is 3. The Balaban J connectivity index is 2.03. The fourth-order valence-corrected chi connectivity index (χ4v) is 1.90. The van der Waals surface area contributed by atoms with Crippen molar-refractivity contribution in [3.8, 4) is 0 Å². The molecule has 2 N–H and O–H groups in total. The number of carbonyl (C=O) groups is 2. The Morgan fingerprint density at radius 3 is 2.71 bits per heavy atom. The summed E-state index contributed by atoms with van der Waals surface area (Å²) in [6, 6.07) is 8.32. The van der Waals surface area contributed by atoms with Gasteiger partial charge in [-0.3, -0.25) is 4.79 Å². The summed E-state index contributed by atoms with van der Waals surface area (Å²) < 4.78 is 4.95. The van der Waals surface area contributed by atoms with Crippen molar-refractivity contribution >= 4 is 17.7 Å². The minimum atomic E-state index is -0.941. The predicted octanol–water partition coefficient (Wildman–Crippen LogP) is 2.57. The lowest BCUT2D eigenvalue weighted by atomic mass is 10.1. The van der Waals surface area contributed by atoms with Crippen LogP contribution in [0.25, 0.3) is 0 Å². The van der Waals surface area contributed by atoms with Crippen LogP contribution in [0.5, 0.6) is 0 Å². The maximum atomic E-state index is 12.1. The highest BCUT2D eigenvalue weighted by Crippen LogP contribution is 2.16. The van der Waals surface area contributed by atoms with Crippen LogP contribution in [0.15, 0.2) is 47.3 Å². The maximum Gasteiger partial charge on any atom is 0.321 e. The molecule has 0 bridgehead atoms. The molecule has 0 unspecified atom stereocenters. The van der Waals surface area contributed by atoms with E-state index in [0.717, 1.165) is 5.56 Å². The number of aliphatic carboxylic acids is 1. The fraction of sp³-hybridized carbons (Fsp3) is 0.200. The van der Waals surface area contributed by atoms with Gasteiger partial charge in [-0.05, 0) is 17.7 Å². The van der Waals surface area contributed by atoms with E-state index >= 15 is 0 Å². The van der Waals surface area contributed by atoms with E-state index < -0.39 is 5.97 Å². The second kappa shape index (κ2) is 6.60. The molecule has 2 aromatic rings. The molecule has 0 atom stereocenters. The topological polar surface area (TPSA) is 82.8 Å². The molecular formula is C15H16N2O4. The fourth-order valence-electron chi connectivity index (χ4n) is 1.90. The van der Waals surface area contributed by atoms with Gasteiger partial charge in [0, 0.05) is 18.3 Å². The van der Waals surface area contributed by atoms with Crippen molar-refractivity contribution in [1.82, 2.24) is 4.90 Å². The predicted molar refractivity (Wildman–Crippen MR) is 77.0 cm³/mol. The summed E-state index contributed by atoms with van der Waals surface area (Å²) in [6.45, 7) is 0.406. The van der Waals surface area contributed by atoms with Gasteiger partial charge in [0.1, 0.15) is 0 Å². The smallest absolute Gasteiger partial charge is 0.321 e. The van der Waals surface area contributed by atoms with Gasteiger partial charge >= 0.3 is 12.0 Å². The van der Waals surface area contributed by atoms with Crippen LogP contribution in [0.1, 0.15) is 11.1 Å². The van der Waals surface area contributed by atoms with Crippen LogP contribution >= 0.6 is 0 Å². The summed E-state index contributed by atoms with van der Waals surface area (Å²) in [7, 11) is 1.65. The van der Waals surface area contributed by atoms with E-state index in [9.17, 15) is 9.59 Å². The summed E-state index contributed by atoms with van der Waals surface area (Å²) in [5, 5.41) is 11.6. The summed E-state index contributed by atoms with van der Waals surface area (Å²) in [5.41, 5.74) is 1.95. The molecule has 6 heteroatoms. The number of nitrogens with one attached hydrogen (secondary N) is 1. The van der Waals surface area contributed by atoms with Gasteiger partial charge in [-0.25, -0.2) is 4.79 Å². The van der Waals surface area contributed by atoms with E-state index in [1.54, 1.807) is 49.9 Å². The highest BCUT2D eigenvalue weighted by molar-refractivity contribution is 5.90. The molecule has 2 amide bonds. The SMILES string of the molecule is CN(Cc1ccoc1)C(=O)Nc1ccccc1CC(=O)O. The number of carboxylic acids is 1. The molecule has 0 aliphatic rings. The lowest BCUT2D eigenvalue weighted by Gasteiger charge is -2.18.